The fourth-order valence-corrected chi connectivity index (χ4v) is 1.96. The molecule has 0 bridgehead atoms. The van der Waals surface area contributed by atoms with Gasteiger partial charge in [-0.3, -0.25) is 9.69 Å². The number of hydrogen-bond donors (Lipinski definition) is 2. The van der Waals surface area contributed by atoms with Crippen LogP contribution in [0.4, 0.5) is 11.4 Å². The molecule has 1 amide bonds. The molecule has 7 heteroatoms. The molecule has 0 radical (unpaired) electrons. The minimum Gasteiger partial charge on any atom is -0.399 e. The van der Waals surface area contributed by atoms with Crippen molar-refractivity contribution in [3.63, 3.8) is 0 Å². The number of anilines is 2. The third kappa shape index (κ3) is 6.13. The smallest absolute Gasteiger partial charge is 0.224 e. The van der Waals surface area contributed by atoms with Gasteiger partial charge in [0.1, 0.15) is 0 Å². The van der Waals surface area contributed by atoms with Crippen molar-refractivity contribution in [3.05, 3.63) is 23.2 Å². The van der Waals surface area contributed by atoms with E-state index < -0.39 is 0 Å². The van der Waals surface area contributed by atoms with Crippen LogP contribution in [0, 0.1) is 22.7 Å². The molecule has 1 aromatic rings. The number of nitrogen functional groups attached to an aromatic ring is 1. The van der Waals surface area contributed by atoms with E-state index in [2.05, 4.69) is 5.32 Å². The lowest BCUT2D eigenvalue weighted by Crippen LogP contribution is -2.26. The summed E-state index contributed by atoms with van der Waals surface area (Å²) in [4.78, 5) is 13.5. The average molecular weight is 306 g/mol. The van der Waals surface area contributed by atoms with Gasteiger partial charge < -0.3 is 11.1 Å². The fourth-order valence-electron chi connectivity index (χ4n) is 1.72. The Morgan fingerprint density at radius 3 is 2.57 bits per heavy atom. The largest absolute Gasteiger partial charge is 0.399 e. The number of carbonyl (C=O) groups excluding carboxylic acids is 1. The molecule has 6 nitrogen and oxygen atoms in total. The average Bonchev–Trinajstić information content (AvgIpc) is 2.42. The van der Waals surface area contributed by atoms with Gasteiger partial charge in [0.25, 0.3) is 0 Å². The lowest BCUT2D eigenvalue weighted by Gasteiger charge is -2.14. The van der Waals surface area contributed by atoms with Crippen LogP contribution in [0.1, 0.15) is 12.8 Å². The molecule has 1 aromatic carbocycles. The van der Waals surface area contributed by atoms with Crippen molar-refractivity contribution in [1.82, 2.24) is 4.90 Å². The van der Waals surface area contributed by atoms with Crippen LogP contribution in [0.25, 0.3) is 0 Å². The van der Waals surface area contributed by atoms with Gasteiger partial charge in [0, 0.05) is 18.7 Å². The number of halogens is 1. The van der Waals surface area contributed by atoms with E-state index in [4.69, 9.17) is 27.9 Å². The Kier molecular flexibility index (Phi) is 7.03. The third-order valence-corrected chi connectivity index (χ3v) is 3.05. The highest BCUT2D eigenvalue weighted by molar-refractivity contribution is 6.34. The van der Waals surface area contributed by atoms with E-state index in [0.717, 1.165) is 0 Å². The molecule has 0 aliphatic heterocycles. The number of nitrogens with zero attached hydrogens (tertiary/aromatic N) is 3. The van der Waals surface area contributed by atoms with Crippen molar-refractivity contribution in [3.8, 4) is 12.1 Å². The van der Waals surface area contributed by atoms with Gasteiger partial charge in [-0.15, -0.1) is 0 Å². The molecule has 0 aromatic heterocycles. The van der Waals surface area contributed by atoms with E-state index in [1.807, 2.05) is 12.1 Å². The maximum atomic E-state index is 11.8. The minimum atomic E-state index is -0.171. The lowest BCUT2D eigenvalue weighted by atomic mass is 10.2. The summed E-state index contributed by atoms with van der Waals surface area (Å²) in [5, 5.41) is 20.3. The van der Waals surface area contributed by atoms with Crippen molar-refractivity contribution >= 4 is 28.9 Å². The highest BCUT2D eigenvalue weighted by atomic mass is 35.5. The van der Waals surface area contributed by atoms with Crippen LogP contribution in [0.3, 0.4) is 0 Å². The Labute approximate surface area is 128 Å². The molecule has 1 rings (SSSR count). The zero-order valence-corrected chi connectivity index (χ0v) is 12.2. The van der Waals surface area contributed by atoms with Gasteiger partial charge in [0.2, 0.25) is 5.91 Å². The first-order valence-corrected chi connectivity index (χ1v) is 6.75. The molecule has 0 aliphatic rings. The SMILES string of the molecule is N#CCN(CC#N)CCCC(=O)Nc1ccc(N)cc1Cl. The van der Waals surface area contributed by atoms with E-state index >= 15 is 0 Å². The molecule has 0 fully saturated rings. The molecule has 0 heterocycles. The molecule has 0 unspecified atom stereocenters. The highest BCUT2D eigenvalue weighted by Crippen LogP contribution is 2.24. The Morgan fingerprint density at radius 2 is 2.00 bits per heavy atom. The Bertz CT molecular complexity index is 560. The van der Waals surface area contributed by atoms with E-state index in [1.165, 1.54) is 0 Å². The molecule has 0 spiro atoms. The van der Waals surface area contributed by atoms with E-state index in [0.29, 0.717) is 29.4 Å². The number of amides is 1. The monoisotopic (exact) mass is 305 g/mol. The highest BCUT2D eigenvalue weighted by Gasteiger charge is 2.08. The summed E-state index contributed by atoms with van der Waals surface area (Å²) in [5.74, 6) is -0.171. The van der Waals surface area contributed by atoms with Gasteiger partial charge in [0.15, 0.2) is 0 Å². The molecule has 3 N–H and O–H groups in total. The van der Waals surface area contributed by atoms with Crippen LogP contribution >= 0.6 is 11.6 Å². The number of carbonyl (C=O) groups is 1. The number of nitrogens with one attached hydrogen (secondary N) is 1. The fraction of sp³-hybridized carbons (Fsp3) is 0.357. The Balaban J connectivity index is 2.40. The lowest BCUT2D eigenvalue weighted by molar-refractivity contribution is -0.116. The Morgan fingerprint density at radius 1 is 1.33 bits per heavy atom. The van der Waals surface area contributed by atoms with Crippen LogP contribution in [-0.4, -0.2) is 30.4 Å². The van der Waals surface area contributed by atoms with Crippen LogP contribution in [0.2, 0.25) is 5.02 Å². The molecule has 0 saturated heterocycles. The van der Waals surface area contributed by atoms with Crippen molar-refractivity contribution in [1.29, 1.82) is 10.5 Å². The molecular formula is C14H16ClN5O. The third-order valence-electron chi connectivity index (χ3n) is 2.73. The second-order valence-electron chi connectivity index (χ2n) is 4.42. The molecule has 110 valence electrons. The predicted molar refractivity (Wildman–Crippen MR) is 81.4 cm³/mol. The number of rotatable bonds is 7. The van der Waals surface area contributed by atoms with Gasteiger partial charge in [0.05, 0.1) is 35.9 Å². The van der Waals surface area contributed by atoms with E-state index in [-0.39, 0.29) is 25.4 Å². The molecule has 21 heavy (non-hydrogen) atoms. The summed E-state index contributed by atoms with van der Waals surface area (Å²) in [6, 6.07) is 8.85. The molecule has 0 saturated carbocycles. The summed E-state index contributed by atoms with van der Waals surface area (Å²) in [7, 11) is 0. The summed E-state index contributed by atoms with van der Waals surface area (Å²) in [5.41, 5.74) is 6.62. The van der Waals surface area contributed by atoms with Gasteiger partial charge in [-0.2, -0.15) is 10.5 Å². The first-order chi connectivity index (χ1) is 10.1. The topological polar surface area (TPSA) is 106 Å². The first kappa shape index (κ1) is 16.8. The van der Waals surface area contributed by atoms with Gasteiger partial charge >= 0.3 is 0 Å². The molecule has 0 aliphatic carbocycles. The summed E-state index contributed by atoms with van der Waals surface area (Å²) in [6.07, 6.45) is 0.843. The van der Waals surface area contributed by atoms with Crippen molar-refractivity contribution in [2.24, 2.45) is 0 Å². The van der Waals surface area contributed by atoms with Crippen LogP contribution in [-0.2, 0) is 4.79 Å². The summed E-state index contributed by atoms with van der Waals surface area (Å²) >= 11 is 5.97. The zero-order valence-electron chi connectivity index (χ0n) is 11.5. The molecular weight excluding hydrogens is 290 g/mol. The zero-order chi connectivity index (χ0) is 15.7. The minimum absolute atomic E-state index is 0.171. The maximum absolute atomic E-state index is 11.8. The summed E-state index contributed by atoms with van der Waals surface area (Å²) in [6.45, 7) is 0.877. The Hall–Kier alpha value is -2.28. The predicted octanol–water partition coefficient (Wildman–Crippen LogP) is 1.99. The van der Waals surface area contributed by atoms with E-state index in [1.54, 1.807) is 23.1 Å². The quantitative estimate of drug-likeness (QED) is 0.592. The second-order valence-corrected chi connectivity index (χ2v) is 4.83. The molecule has 0 atom stereocenters. The van der Waals surface area contributed by atoms with Crippen molar-refractivity contribution in [2.75, 3.05) is 30.7 Å². The van der Waals surface area contributed by atoms with E-state index in [9.17, 15) is 4.79 Å². The second kappa shape index (κ2) is 8.80. The number of benzene rings is 1. The van der Waals surface area contributed by atoms with Gasteiger partial charge in [-0.1, -0.05) is 11.6 Å². The van der Waals surface area contributed by atoms with Crippen molar-refractivity contribution < 1.29 is 4.79 Å². The standard InChI is InChI=1S/C14H16ClN5O/c15-12-10-11(18)3-4-13(12)19-14(21)2-1-7-20(8-5-16)9-6-17/h3-4,10H,1-2,7-9,18H2,(H,19,21). The normalized spacial score (nSPS) is 9.90. The first-order valence-electron chi connectivity index (χ1n) is 6.38. The number of nitriles is 2. The number of nitrogens with two attached hydrogens (primary N) is 1. The van der Waals surface area contributed by atoms with Crippen molar-refractivity contribution in [2.45, 2.75) is 12.8 Å². The number of hydrogen-bond acceptors (Lipinski definition) is 5. The van der Waals surface area contributed by atoms with Crippen LogP contribution in [0.5, 0.6) is 0 Å². The van der Waals surface area contributed by atoms with Gasteiger partial charge in [-0.05, 0) is 24.6 Å². The maximum Gasteiger partial charge on any atom is 0.224 e. The summed E-state index contributed by atoms with van der Waals surface area (Å²) < 4.78 is 0. The van der Waals surface area contributed by atoms with Crippen LogP contribution in [0.15, 0.2) is 18.2 Å². The van der Waals surface area contributed by atoms with Crippen LogP contribution < -0.4 is 11.1 Å². The van der Waals surface area contributed by atoms with Gasteiger partial charge in [-0.25, -0.2) is 0 Å².